The van der Waals surface area contributed by atoms with E-state index in [-0.39, 0.29) is 31.5 Å². The molecule has 2 atom stereocenters. The highest BCUT2D eigenvalue weighted by Crippen LogP contribution is 2.26. The number of rotatable bonds is 9. The summed E-state index contributed by atoms with van der Waals surface area (Å²) in [6.07, 6.45) is -1.04. The van der Waals surface area contributed by atoms with Crippen molar-refractivity contribution < 1.29 is 24.1 Å². The number of hydrogen-bond acceptors (Lipinski definition) is 6. The van der Waals surface area contributed by atoms with Gasteiger partial charge < -0.3 is 30.4 Å². The molecule has 0 fully saturated rings. The first-order chi connectivity index (χ1) is 10.5. The van der Waals surface area contributed by atoms with Crippen LogP contribution in [0.2, 0.25) is 0 Å². The fourth-order valence-corrected chi connectivity index (χ4v) is 1.89. The van der Waals surface area contributed by atoms with Gasteiger partial charge in [-0.1, -0.05) is 0 Å². The second-order valence-electron chi connectivity index (χ2n) is 4.76. The van der Waals surface area contributed by atoms with E-state index in [1.807, 2.05) is 0 Å². The number of carbonyl (C=O) groups excluding carboxylic acids is 1. The van der Waals surface area contributed by atoms with Crippen molar-refractivity contribution in [3.05, 3.63) is 23.8 Å². The Morgan fingerprint density at radius 1 is 1.23 bits per heavy atom. The smallest absolute Gasteiger partial charge is 0.222 e. The van der Waals surface area contributed by atoms with E-state index in [4.69, 9.17) is 19.9 Å². The lowest BCUT2D eigenvalue weighted by Gasteiger charge is -2.16. The minimum Gasteiger partial charge on any atom is -0.497 e. The van der Waals surface area contributed by atoms with Crippen molar-refractivity contribution in [2.45, 2.75) is 18.6 Å². The summed E-state index contributed by atoms with van der Waals surface area (Å²) in [6.45, 7) is 0.343. The highest BCUT2D eigenvalue weighted by atomic mass is 16.5. The number of benzene rings is 1. The molecule has 0 spiro atoms. The molecule has 0 radical (unpaired) electrons. The van der Waals surface area contributed by atoms with E-state index >= 15 is 0 Å². The summed E-state index contributed by atoms with van der Waals surface area (Å²) in [5.74, 6) is 0.913. The highest BCUT2D eigenvalue weighted by molar-refractivity contribution is 5.76. The number of carbonyl (C=O) groups is 1. The molecule has 0 aliphatic heterocycles. The minimum absolute atomic E-state index is 0.0795. The van der Waals surface area contributed by atoms with Gasteiger partial charge in [-0.25, -0.2) is 0 Å². The summed E-state index contributed by atoms with van der Waals surface area (Å²) in [6, 6.07) is 5.09. The molecule has 7 heteroatoms. The molecule has 0 aromatic heterocycles. The Morgan fingerprint density at radius 3 is 2.27 bits per heavy atom. The van der Waals surface area contributed by atoms with Crippen molar-refractivity contribution in [3.63, 3.8) is 0 Å². The van der Waals surface area contributed by atoms with E-state index in [0.29, 0.717) is 17.1 Å². The van der Waals surface area contributed by atoms with E-state index in [0.717, 1.165) is 0 Å². The molecule has 0 bridgehead atoms. The van der Waals surface area contributed by atoms with Gasteiger partial charge >= 0.3 is 0 Å². The van der Waals surface area contributed by atoms with Gasteiger partial charge in [-0.15, -0.1) is 0 Å². The Labute approximate surface area is 130 Å². The maximum Gasteiger partial charge on any atom is 0.222 e. The molecule has 22 heavy (non-hydrogen) atoms. The van der Waals surface area contributed by atoms with Crippen molar-refractivity contribution in [2.75, 3.05) is 34.4 Å². The largest absolute Gasteiger partial charge is 0.497 e. The summed E-state index contributed by atoms with van der Waals surface area (Å²) in [7, 11) is 4.57. The zero-order valence-corrected chi connectivity index (χ0v) is 13.2. The normalized spacial score (nSPS) is 13.3. The Morgan fingerprint density at radius 2 is 1.82 bits per heavy atom. The molecular weight excluding hydrogens is 288 g/mol. The fraction of sp³-hybridized carbons (Fsp3) is 0.533. The molecule has 0 aliphatic rings. The van der Waals surface area contributed by atoms with Gasteiger partial charge in [0.05, 0.1) is 32.8 Å². The van der Waals surface area contributed by atoms with Crippen LogP contribution in [0.1, 0.15) is 18.1 Å². The first-order valence-corrected chi connectivity index (χ1v) is 6.94. The molecule has 7 nitrogen and oxygen atoms in total. The molecule has 1 amide bonds. The Hall–Kier alpha value is -1.83. The first-order valence-electron chi connectivity index (χ1n) is 6.94. The monoisotopic (exact) mass is 312 g/mol. The third-order valence-corrected chi connectivity index (χ3v) is 3.26. The summed E-state index contributed by atoms with van der Waals surface area (Å²) >= 11 is 0. The molecule has 0 heterocycles. The Bertz CT molecular complexity index is 455. The highest BCUT2D eigenvalue weighted by Gasteiger charge is 2.15. The number of aliphatic hydroxyl groups is 1. The van der Waals surface area contributed by atoms with Crippen LogP contribution in [-0.4, -0.2) is 51.5 Å². The van der Waals surface area contributed by atoms with Crippen molar-refractivity contribution in [1.82, 2.24) is 5.32 Å². The van der Waals surface area contributed by atoms with Crippen molar-refractivity contribution >= 4 is 5.91 Å². The third-order valence-electron chi connectivity index (χ3n) is 3.26. The average Bonchev–Trinajstić information content (AvgIpc) is 2.56. The van der Waals surface area contributed by atoms with Crippen LogP contribution in [0.3, 0.4) is 0 Å². The van der Waals surface area contributed by atoms with Crippen LogP contribution >= 0.6 is 0 Å². The molecule has 1 aromatic carbocycles. The third kappa shape index (κ3) is 5.51. The number of hydrogen-bond donors (Lipinski definition) is 3. The fourth-order valence-electron chi connectivity index (χ4n) is 1.89. The lowest BCUT2D eigenvalue weighted by atomic mass is 10.1. The van der Waals surface area contributed by atoms with Gasteiger partial charge in [-0.2, -0.15) is 0 Å². The molecule has 2 unspecified atom stereocenters. The van der Waals surface area contributed by atoms with E-state index in [9.17, 15) is 9.90 Å². The van der Waals surface area contributed by atoms with Crippen LogP contribution in [0.4, 0.5) is 0 Å². The lowest BCUT2D eigenvalue weighted by molar-refractivity contribution is -0.123. The second kappa shape index (κ2) is 9.24. The molecule has 1 aromatic rings. The first kappa shape index (κ1) is 18.2. The van der Waals surface area contributed by atoms with Crippen molar-refractivity contribution in [1.29, 1.82) is 0 Å². The number of amides is 1. The molecule has 0 aliphatic carbocycles. The quantitative estimate of drug-likeness (QED) is 0.602. The van der Waals surface area contributed by atoms with Gasteiger partial charge in [-0.05, 0) is 17.7 Å². The van der Waals surface area contributed by atoms with Gasteiger partial charge in [0.15, 0.2) is 0 Å². The Kier molecular flexibility index (Phi) is 7.65. The maximum atomic E-state index is 11.7. The minimum atomic E-state index is -0.869. The topological polar surface area (TPSA) is 103 Å². The summed E-state index contributed by atoms with van der Waals surface area (Å²) < 4.78 is 15.3. The summed E-state index contributed by atoms with van der Waals surface area (Å²) in [5, 5.41) is 12.8. The van der Waals surface area contributed by atoms with E-state index in [1.165, 1.54) is 21.3 Å². The van der Waals surface area contributed by atoms with Crippen LogP contribution in [-0.2, 0) is 9.53 Å². The zero-order chi connectivity index (χ0) is 16.5. The zero-order valence-electron chi connectivity index (χ0n) is 13.2. The Balaban J connectivity index is 2.61. The predicted octanol–water partition coefficient (Wildman–Crippen LogP) is 0.217. The van der Waals surface area contributed by atoms with Crippen LogP contribution in [0.25, 0.3) is 0 Å². The van der Waals surface area contributed by atoms with Gasteiger partial charge in [0.1, 0.15) is 11.5 Å². The molecule has 0 saturated heterocycles. The molecule has 1 rings (SSSR count). The lowest BCUT2D eigenvalue weighted by Crippen LogP contribution is -2.34. The van der Waals surface area contributed by atoms with E-state index in [1.54, 1.807) is 18.2 Å². The van der Waals surface area contributed by atoms with Crippen LogP contribution in [0.15, 0.2) is 18.2 Å². The number of nitrogens with one attached hydrogen (secondary N) is 1. The van der Waals surface area contributed by atoms with E-state index < -0.39 is 6.10 Å². The van der Waals surface area contributed by atoms with Gasteiger partial charge in [0.25, 0.3) is 0 Å². The summed E-state index contributed by atoms with van der Waals surface area (Å²) in [5.41, 5.74) is 6.06. The summed E-state index contributed by atoms with van der Waals surface area (Å²) in [4.78, 5) is 11.7. The SMILES string of the molecule is COc1cc(OC)cc(C(O)CNC(=O)CC(CN)OC)c1. The van der Waals surface area contributed by atoms with Crippen LogP contribution in [0.5, 0.6) is 11.5 Å². The number of aliphatic hydroxyl groups excluding tert-OH is 1. The van der Waals surface area contributed by atoms with Gasteiger partial charge in [0.2, 0.25) is 5.91 Å². The standard InChI is InChI=1S/C15H24N2O5/c1-20-11-4-10(5-12(6-11)21-2)14(18)9-17-15(19)7-13(8-16)22-3/h4-6,13-14,18H,7-9,16H2,1-3H3,(H,17,19). The average molecular weight is 312 g/mol. The van der Waals surface area contributed by atoms with Crippen LogP contribution in [0, 0.1) is 0 Å². The van der Waals surface area contributed by atoms with Gasteiger partial charge in [-0.3, -0.25) is 4.79 Å². The molecule has 0 saturated carbocycles. The number of ether oxygens (including phenoxy) is 3. The number of methoxy groups -OCH3 is 3. The van der Waals surface area contributed by atoms with E-state index in [2.05, 4.69) is 5.32 Å². The molecular formula is C15H24N2O5. The molecule has 4 N–H and O–H groups in total. The second-order valence-corrected chi connectivity index (χ2v) is 4.76. The predicted molar refractivity (Wildman–Crippen MR) is 82.0 cm³/mol. The van der Waals surface area contributed by atoms with Gasteiger partial charge in [0, 0.05) is 26.3 Å². The number of nitrogens with two attached hydrogens (primary N) is 1. The van der Waals surface area contributed by atoms with Crippen molar-refractivity contribution in [2.24, 2.45) is 5.73 Å². The maximum absolute atomic E-state index is 11.7. The van der Waals surface area contributed by atoms with Crippen molar-refractivity contribution in [3.8, 4) is 11.5 Å². The molecule has 124 valence electrons. The van der Waals surface area contributed by atoms with Crippen LogP contribution < -0.4 is 20.5 Å².